The highest BCUT2D eigenvalue weighted by Gasteiger charge is 2.36. The first-order valence-corrected chi connectivity index (χ1v) is 9.97. The number of hydrogen-bond acceptors (Lipinski definition) is 3. The molecule has 3 rings (SSSR count). The van der Waals surface area contributed by atoms with E-state index in [-0.39, 0.29) is 24.2 Å². The Labute approximate surface area is 166 Å². The summed E-state index contributed by atoms with van der Waals surface area (Å²) in [5.41, 5.74) is 2.72. The molecule has 5 heteroatoms. The van der Waals surface area contributed by atoms with E-state index >= 15 is 0 Å². The maximum atomic E-state index is 12.8. The molecule has 2 atom stereocenters. The zero-order valence-electron chi connectivity index (χ0n) is 16.8. The van der Waals surface area contributed by atoms with E-state index in [1.807, 2.05) is 49.4 Å². The first-order chi connectivity index (χ1) is 13.5. The summed E-state index contributed by atoms with van der Waals surface area (Å²) in [6, 6.07) is 15.4. The van der Waals surface area contributed by atoms with Gasteiger partial charge in [-0.1, -0.05) is 44.2 Å². The lowest BCUT2D eigenvalue weighted by atomic mass is 9.96. The van der Waals surface area contributed by atoms with Crippen LogP contribution in [-0.2, 0) is 9.59 Å². The zero-order chi connectivity index (χ0) is 20.1. The van der Waals surface area contributed by atoms with E-state index in [0.717, 1.165) is 17.7 Å². The van der Waals surface area contributed by atoms with Crippen molar-refractivity contribution >= 4 is 23.2 Å². The van der Waals surface area contributed by atoms with Crippen molar-refractivity contribution in [2.24, 2.45) is 5.92 Å². The maximum absolute atomic E-state index is 12.8. The monoisotopic (exact) mass is 380 g/mol. The van der Waals surface area contributed by atoms with Crippen molar-refractivity contribution in [3.05, 3.63) is 54.1 Å². The highest BCUT2D eigenvalue weighted by atomic mass is 16.5. The molecule has 0 radical (unpaired) electrons. The van der Waals surface area contributed by atoms with E-state index in [0.29, 0.717) is 30.5 Å². The van der Waals surface area contributed by atoms with Crippen LogP contribution in [-0.4, -0.2) is 25.0 Å². The first-order valence-electron chi connectivity index (χ1n) is 9.97. The number of nitrogens with zero attached hydrogens (tertiary/aromatic N) is 1. The second kappa shape index (κ2) is 8.91. The van der Waals surface area contributed by atoms with Crippen molar-refractivity contribution in [3.8, 4) is 5.75 Å². The van der Waals surface area contributed by atoms with Crippen LogP contribution in [0.5, 0.6) is 5.75 Å². The normalized spacial score (nSPS) is 17.5. The summed E-state index contributed by atoms with van der Waals surface area (Å²) in [5, 5.41) is 2.94. The Hall–Kier alpha value is -2.82. The van der Waals surface area contributed by atoms with E-state index in [1.54, 1.807) is 4.90 Å². The van der Waals surface area contributed by atoms with Crippen LogP contribution < -0.4 is 15.0 Å². The minimum Gasteiger partial charge on any atom is -0.492 e. The summed E-state index contributed by atoms with van der Waals surface area (Å²) < 4.78 is 5.57. The van der Waals surface area contributed by atoms with Crippen LogP contribution in [0.25, 0.3) is 0 Å². The smallest absolute Gasteiger partial charge is 0.229 e. The van der Waals surface area contributed by atoms with Gasteiger partial charge >= 0.3 is 0 Å². The zero-order valence-corrected chi connectivity index (χ0v) is 16.8. The van der Waals surface area contributed by atoms with Gasteiger partial charge in [0.25, 0.3) is 0 Å². The molecule has 1 N–H and O–H groups in total. The predicted molar refractivity (Wildman–Crippen MR) is 112 cm³/mol. The SMILES string of the molecule is CCOc1ccccc1NC(=O)[C@@H]1CC(=O)N(c2ccccc2[C@H](C)CC)C1. The molecule has 0 spiro atoms. The summed E-state index contributed by atoms with van der Waals surface area (Å²) in [4.78, 5) is 27.3. The minimum absolute atomic E-state index is 0.00556. The average molecular weight is 380 g/mol. The molecule has 2 aromatic carbocycles. The van der Waals surface area contributed by atoms with E-state index in [4.69, 9.17) is 4.74 Å². The molecule has 0 aliphatic carbocycles. The predicted octanol–water partition coefficient (Wildman–Crippen LogP) is 4.59. The van der Waals surface area contributed by atoms with E-state index in [1.165, 1.54) is 0 Å². The van der Waals surface area contributed by atoms with Crippen molar-refractivity contribution in [2.75, 3.05) is 23.4 Å². The van der Waals surface area contributed by atoms with Gasteiger partial charge in [-0.05, 0) is 43.0 Å². The molecular formula is C23H28N2O3. The molecule has 0 unspecified atom stereocenters. The van der Waals surface area contributed by atoms with E-state index in [2.05, 4.69) is 25.2 Å². The molecule has 1 fully saturated rings. The van der Waals surface area contributed by atoms with Gasteiger partial charge in [-0.3, -0.25) is 9.59 Å². The summed E-state index contributed by atoms with van der Waals surface area (Å²) >= 11 is 0. The molecule has 148 valence electrons. The highest BCUT2D eigenvalue weighted by Crippen LogP contribution is 2.34. The van der Waals surface area contributed by atoms with Crippen LogP contribution in [0, 0.1) is 5.92 Å². The topological polar surface area (TPSA) is 58.6 Å². The Morgan fingerprint density at radius 3 is 2.64 bits per heavy atom. The largest absolute Gasteiger partial charge is 0.492 e. The summed E-state index contributed by atoms with van der Waals surface area (Å²) in [5.74, 6) is 0.460. The number of rotatable bonds is 7. The molecule has 1 aliphatic heterocycles. The Morgan fingerprint density at radius 1 is 1.18 bits per heavy atom. The van der Waals surface area contributed by atoms with Gasteiger partial charge in [-0.25, -0.2) is 0 Å². The van der Waals surface area contributed by atoms with Gasteiger partial charge in [0.05, 0.1) is 18.2 Å². The fraction of sp³-hybridized carbons (Fsp3) is 0.391. The Bertz CT molecular complexity index is 849. The number of anilines is 2. The number of hydrogen-bond donors (Lipinski definition) is 1. The third-order valence-corrected chi connectivity index (χ3v) is 5.31. The van der Waals surface area contributed by atoms with Gasteiger partial charge in [0.15, 0.2) is 0 Å². The maximum Gasteiger partial charge on any atom is 0.229 e. The number of nitrogens with one attached hydrogen (secondary N) is 1. The third kappa shape index (κ3) is 4.19. The second-order valence-electron chi connectivity index (χ2n) is 7.19. The van der Waals surface area contributed by atoms with Crippen molar-refractivity contribution in [1.29, 1.82) is 0 Å². The van der Waals surface area contributed by atoms with Crippen LogP contribution >= 0.6 is 0 Å². The number of amides is 2. The third-order valence-electron chi connectivity index (χ3n) is 5.31. The van der Waals surface area contributed by atoms with Crippen LogP contribution in [0.15, 0.2) is 48.5 Å². The van der Waals surface area contributed by atoms with Crippen molar-refractivity contribution in [1.82, 2.24) is 0 Å². The average Bonchev–Trinajstić information content (AvgIpc) is 3.10. The summed E-state index contributed by atoms with van der Waals surface area (Å²) in [6.07, 6.45) is 1.22. The lowest BCUT2D eigenvalue weighted by Crippen LogP contribution is -2.29. The van der Waals surface area contributed by atoms with Gasteiger partial charge in [-0.15, -0.1) is 0 Å². The van der Waals surface area contributed by atoms with E-state index in [9.17, 15) is 9.59 Å². The first kappa shape index (κ1) is 19.9. The molecule has 2 aromatic rings. The molecule has 0 bridgehead atoms. The van der Waals surface area contributed by atoms with Gasteiger partial charge in [-0.2, -0.15) is 0 Å². The lowest BCUT2D eigenvalue weighted by molar-refractivity contribution is -0.122. The molecule has 1 saturated heterocycles. The molecule has 1 heterocycles. The van der Waals surface area contributed by atoms with Crippen molar-refractivity contribution in [3.63, 3.8) is 0 Å². The lowest BCUT2D eigenvalue weighted by Gasteiger charge is -2.23. The number of carbonyl (C=O) groups excluding carboxylic acids is 2. The molecule has 28 heavy (non-hydrogen) atoms. The van der Waals surface area contributed by atoms with Crippen LogP contribution in [0.1, 0.15) is 45.1 Å². The molecular weight excluding hydrogens is 352 g/mol. The molecule has 1 aliphatic rings. The van der Waals surface area contributed by atoms with Crippen molar-refractivity contribution in [2.45, 2.75) is 39.5 Å². The van der Waals surface area contributed by atoms with Crippen LogP contribution in [0.3, 0.4) is 0 Å². The van der Waals surface area contributed by atoms with Gasteiger partial charge in [0.2, 0.25) is 11.8 Å². The molecule has 0 saturated carbocycles. The highest BCUT2D eigenvalue weighted by molar-refractivity contribution is 6.04. The molecule has 0 aromatic heterocycles. The molecule has 5 nitrogen and oxygen atoms in total. The number of carbonyl (C=O) groups is 2. The van der Waals surface area contributed by atoms with Gasteiger partial charge in [0.1, 0.15) is 5.75 Å². The van der Waals surface area contributed by atoms with Gasteiger partial charge in [0, 0.05) is 18.7 Å². The summed E-state index contributed by atoms with van der Waals surface area (Å²) in [6.45, 7) is 7.12. The fourth-order valence-corrected chi connectivity index (χ4v) is 3.57. The minimum atomic E-state index is -0.382. The Kier molecular flexibility index (Phi) is 6.34. The standard InChI is InChI=1S/C23H28N2O3/c1-4-16(3)18-10-6-8-12-20(18)25-15-17(14-22(25)26)23(27)24-19-11-7-9-13-21(19)28-5-2/h6-13,16-17H,4-5,14-15H2,1-3H3,(H,24,27)/t16-,17-/m1/s1. The van der Waals surface area contributed by atoms with Gasteiger partial charge < -0.3 is 15.0 Å². The molecule has 2 amide bonds. The van der Waals surface area contributed by atoms with Crippen molar-refractivity contribution < 1.29 is 14.3 Å². The summed E-state index contributed by atoms with van der Waals surface area (Å²) in [7, 11) is 0. The quantitative estimate of drug-likeness (QED) is 0.764. The number of ether oxygens (including phenoxy) is 1. The fourth-order valence-electron chi connectivity index (χ4n) is 3.57. The second-order valence-corrected chi connectivity index (χ2v) is 7.19. The Balaban J connectivity index is 1.76. The number of para-hydroxylation sites is 3. The van der Waals surface area contributed by atoms with Crippen LogP contribution in [0.4, 0.5) is 11.4 Å². The Morgan fingerprint density at radius 2 is 1.89 bits per heavy atom. The number of benzene rings is 2. The van der Waals surface area contributed by atoms with E-state index < -0.39 is 0 Å². The van der Waals surface area contributed by atoms with Crippen LogP contribution in [0.2, 0.25) is 0 Å².